The lowest BCUT2D eigenvalue weighted by molar-refractivity contribution is -0.123. The van der Waals surface area contributed by atoms with E-state index in [9.17, 15) is 9.59 Å². The Kier molecular flexibility index (Phi) is 8.78. The molecule has 2 N–H and O–H groups in total. The fraction of sp³-hybridized carbons (Fsp3) is 0.440. The molecule has 32 heavy (non-hydrogen) atoms. The Hall–Kier alpha value is -3.22. The Bertz CT molecular complexity index is 894. The molecule has 2 aromatic rings. The number of nitrogens with one attached hydrogen (secondary N) is 2. The molecule has 2 aromatic carbocycles. The number of methoxy groups -OCH3 is 1. The second kappa shape index (κ2) is 12.0. The summed E-state index contributed by atoms with van der Waals surface area (Å²) < 4.78 is 16.6. The van der Waals surface area contributed by atoms with Crippen LogP contribution in [-0.2, 0) is 11.2 Å². The van der Waals surface area contributed by atoms with Gasteiger partial charge in [0.25, 0.3) is 11.8 Å². The van der Waals surface area contributed by atoms with Crippen LogP contribution in [0.5, 0.6) is 17.2 Å². The second-order valence-electron chi connectivity index (χ2n) is 7.85. The molecule has 7 nitrogen and oxygen atoms in total. The van der Waals surface area contributed by atoms with Crippen molar-refractivity contribution in [3.63, 3.8) is 0 Å². The summed E-state index contributed by atoms with van der Waals surface area (Å²) >= 11 is 0. The van der Waals surface area contributed by atoms with E-state index in [0.29, 0.717) is 48.4 Å². The SMILES string of the molecule is CCCCOc1ccc(C(=O)NCCc2ccc(OCC(=O)NC3CC3)cc2)cc1OC. The maximum Gasteiger partial charge on any atom is 0.258 e. The molecule has 1 fully saturated rings. The number of hydrogen-bond donors (Lipinski definition) is 2. The van der Waals surface area contributed by atoms with Gasteiger partial charge in [-0.1, -0.05) is 25.5 Å². The van der Waals surface area contributed by atoms with Crippen molar-refractivity contribution in [1.82, 2.24) is 10.6 Å². The summed E-state index contributed by atoms with van der Waals surface area (Å²) in [6, 6.07) is 13.1. The lowest BCUT2D eigenvalue weighted by Gasteiger charge is -2.12. The molecule has 0 atom stereocenters. The monoisotopic (exact) mass is 440 g/mol. The van der Waals surface area contributed by atoms with Crippen molar-refractivity contribution < 1.29 is 23.8 Å². The standard InChI is InChI=1S/C25H32N2O5/c1-3-4-15-31-22-12-7-19(16-23(22)30-2)25(29)26-14-13-18-5-10-21(11-6-18)32-17-24(28)27-20-8-9-20/h5-7,10-12,16,20H,3-4,8-9,13-15,17H2,1-2H3,(H,26,29)(H,27,28). The molecule has 0 aromatic heterocycles. The van der Waals surface area contributed by atoms with Crippen LogP contribution < -0.4 is 24.8 Å². The first-order valence-electron chi connectivity index (χ1n) is 11.2. The normalized spacial score (nSPS) is 12.7. The third-order valence-corrected chi connectivity index (χ3v) is 5.12. The first kappa shape index (κ1) is 23.4. The van der Waals surface area contributed by atoms with Crippen molar-refractivity contribution >= 4 is 11.8 Å². The summed E-state index contributed by atoms with van der Waals surface area (Å²) in [5.74, 6) is 1.60. The van der Waals surface area contributed by atoms with Gasteiger partial charge in [0, 0.05) is 18.2 Å². The zero-order valence-electron chi connectivity index (χ0n) is 18.8. The molecule has 0 aliphatic heterocycles. The van der Waals surface area contributed by atoms with E-state index in [1.165, 1.54) is 0 Å². The van der Waals surface area contributed by atoms with Crippen LogP contribution in [0.1, 0.15) is 48.5 Å². The van der Waals surface area contributed by atoms with Gasteiger partial charge in [-0.2, -0.15) is 0 Å². The summed E-state index contributed by atoms with van der Waals surface area (Å²) in [5.41, 5.74) is 1.59. The molecule has 0 saturated heterocycles. The van der Waals surface area contributed by atoms with Crippen LogP contribution in [-0.4, -0.2) is 44.7 Å². The Morgan fingerprint density at radius 2 is 1.81 bits per heavy atom. The maximum absolute atomic E-state index is 12.5. The number of carbonyl (C=O) groups excluding carboxylic acids is 2. The van der Waals surface area contributed by atoms with E-state index in [-0.39, 0.29) is 18.4 Å². The molecule has 172 valence electrons. The fourth-order valence-electron chi connectivity index (χ4n) is 3.08. The highest BCUT2D eigenvalue weighted by atomic mass is 16.5. The molecule has 1 aliphatic rings. The number of amides is 2. The minimum Gasteiger partial charge on any atom is -0.493 e. The summed E-state index contributed by atoms with van der Waals surface area (Å²) in [6.45, 7) is 3.25. The third-order valence-electron chi connectivity index (χ3n) is 5.12. The molecule has 0 radical (unpaired) electrons. The van der Waals surface area contributed by atoms with Crippen molar-refractivity contribution in [3.05, 3.63) is 53.6 Å². The summed E-state index contributed by atoms with van der Waals surface area (Å²) in [6.07, 6.45) is 4.82. The molecule has 7 heteroatoms. The molecule has 1 aliphatic carbocycles. The van der Waals surface area contributed by atoms with Gasteiger partial charge in [0.1, 0.15) is 5.75 Å². The molecule has 0 spiro atoms. The van der Waals surface area contributed by atoms with Gasteiger partial charge in [-0.05, 0) is 61.6 Å². The van der Waals surface area contributed by atoms with E-state index in [0.717, 1.165) is 31.2 Å². The zero-order valence-corrected chi connectivity index (χ0v) is 18.8. The van der Waals surface area contributed by atoms with E-state index in [1.807, 2.05) is 24.3 Å². The maximum atomic E-state index is 12.5. The second-order valence-corrected chi connectivity index (χ2v) is 7.85. The number of unbranched alkanes of at least 4 members (excludes halogenated alkanes) is 1. The van der Waals surface area contributed by atoms with E-state index in [1.54, 1.807) is 25.3 Å². The Labute approximate surface area is 189 Å². The molecule has 1 saturated carbocycles. The smallest absolute Gasteiger partial charge is 0.258 e. The lowest BCUT2D eigenvalue weighted by atomic mass is 10.1. The number of benzene rings is 2. The van der Waals surface area contributed by atoms with E-state index in [4.69, 9.17) is 14.2 Å². The van der Waals surface area contributed by atoms with Gasteiger partial charge in [-0.15, -0.1) is 0 Å². The average Bonchev–Trinajstić information content (AvgIpc) is 3.62. The van der Waals surface area contributed by atoms with Gasteiger partial charge in [0.15, 0.2) is 18.1 Å². The van der Waals surface area contributed by atoms with Crippen LogP contribution in [0, 0.1) is 0 Å². The van der Waals surface area contributed by atoms with Gasteiger partial charge < -0.3 is 24.8 Å². The summed E-state index contributed by atoms with van der Waals surface area (Å²) in [5, 5.41) is 5.82. The Balaban J connectivity index is 1.42. The van der Waals surface area contributed by atoms with Crippen molar-refractivity contribution in [2.75, 3.05) is 26.9 Å². The predicted octanol–water partition coefficient (Wildman–Crippen LogP) is 3.50. The van der Waals surface area contributed by atoms with Crippen molar-refractivity contribution in [2.45, 2.75) is 45.1 Å². The van der Waals surface area contributed by atoms with E-state index in [2.05, 4.69) is 17.6 Å². The highest BCUT2D eigenvalue weighted by Crippen LogP contribution is 2.28. The summed E-state index contributed by atoms with van der Waals surface area (Å²) in [7, 11) is 1.57. The first-order valence-corrected chi connectivity index (χ1v) is 11.2. The number of carbonyl (C=O) groups is 2. The van der Waals surface area contributed by atoms with E-state index >= 15 is 0 Å². The highest BCUT2D eigenvalue weighted by molar-refractivity contribution is 5.94. The fourth-order valence-corrected chi connectivity index (χ4v) is 3.08. The van der Waals surface area contributed by atoms with E-state index < -0.39 is 0 Å². The molecule has 0 unspecified atom stereocenters. The highest BCUT2D eigenvalue weighted by Gasteiger charge is 2.23. The van der Waals surface area contributed by atoms with Crippen molar-refractivity contribution in [3.8, 4) is 17.2 Å². The minimum atomic E-state index is -0.162. The molecular weight excluding hydrogens is 408 g/mol. The van der Waals surface area contributed by atoms with Crippen molar-refractivity contribution in [1.29, 1.82) is 0 Å². The topological polar surface area (TPSA) is 85.9 Å². The van der Waals surface area contributed by atoms with Gasteiger partial charge in [-0.3, -0.25) is 9.59 Å². The molecule has 3 rings (SSSR count). The van der Waals surface area contributed by atoms with Crippen molar-refractivity contribution in [2.24, 2.45) is 0 Å². The van der Waals surface area contributed by atoms with Crippen LogP contribution in [0.3, 0.4) is 0 Å². The van der Waals surface area contributed by atoms with Gasteiger partial charge in [0.2, 0.25) is 0 Å². The Morgan fingerprint density at radius 3 is 2.50 bits per heavy atom. The Morgan fingerprint density at radius 1 is 1.03 bits per heavy atom. The lowest BCUT2D eigenvalue weighted by Crippen LogP contribution is -2.30. The molecule has 2 amide bonds. The molecular formula is C25H32N2O5. The minimum absolute atomic E-state index is 0.0256. The van der Waals surface area contributed by atoms with Crippen LogP contribution in [0.15, 0.2) is 42.5 Å². The van der Waals surface area contributed by atoms with Gasteiger partial charge in [-0.25, -0.2) is 0 Å². The molecule has 0 heterocycles. The van der Waals surface area contributed by atoms with Gasteiger partial charge >= 0.3 is 0 Å². The van der Waals surface area contributed by atoms with Crippen LogP contribution in [0.4, 0.5) is 0 Å². The number of ether oxygens (including phenoxy) is 3. The summed E-state index contributed by atoms with van der Waals surface area (Å²) in [4.78, 5) is 24.2. The predicted molar refractivity (Wildman–Crippen MR) is 123 cm³/mol. The van der Waals surface area contributed by atoms with Crippen LogP contribution >= 0.6 is 0 Å². The third kappa shape index (κ3) is 7.48. The average molecular weight is 441 g/mol. The molecule has 0 bridgehead atoms. The quantitative estimate of drug-likeness (QED) is 0.466. The van der Waals surface area contributed by atoms with Crippen LogP contribution in [0.2, 0.25) is 0 Å². The number of rotatable bonds is 13. The zero-order chi connectivity index (χ0) is 22.8. The number of hydrogen-bond acceptors (Lipinski definition) is 5. The largest absolute Gasteiger partial charge is 0.493 e. The first-order chi connectivity index (χ1) is 15.6. The van der Waals surface area contributed by atoms with Crippen LogP contribution in [0.25, 0.3) is 0 Å². The van der Waals surface area contributed by atoms with Gasteiger partial charge in [0.05, 0.1) is 13.7 Å².